The molecule has 0 saturated heterocycles. The molecule has 0 atom stereocenters. The molecule has 0 radical (unpaired) electrons. The van der Waals surface area contributed by atoms with Crippen LogP contribution >= 0.6 is 0 Å². The number of hydrogen-bond donors (Lipinski definition) is 1. The van der Waals surface area contributed by atoms with Gasteiger partial charge in [0.05, 0.1) is 19.0 Å². The quantitative estimate of drug-likeness (QED) is 0.437. The van der Waals surface area contributed by atoms with E-state index in [0.29, 0.717) is 30.8 Å². The van der Waals surface area contributed by atoms with Gasteiger partial charge in [0.2, 0.25) is 0 Å². The fourth-order valence-electron chi connectivity index (χ4n) is 3.27. The highest BCUT2D eigenvalue weighted by Crippen LogP contribution is 2.32. The summed E-state index contributed by atoms with van der Waals surface area (Å²) >= 11 is 0. The first-order valence-electron chi connectivity index (χ1n) is 9.64. The van der Waals surface area contributed by atoms with Crippen LogP contribution in [0.15, 0.2) is 55.0 Å². The van der Waals surface area contributed by atoms with E-state index in [2.05, 4.69) is 20.5 Å². The Morgan fingerprint density at radius 3 is 2.81 bits per heavy atom. The Balaban J connectivity index is 1.63. The summed E-state index contributed by atoms with van der Waals surface area (Å²) in [5.41, 5.74) is 0.638. The number of carbonyl (C=O) groups is 1. The summed E-state index contributed by atoms with van der Waals surface area (Å²) in [5.74, 6) is 0.0593. The van der Waals surface area contributed by atoms with Crippen LogP contribution in [0.5, 0.6) is 5.75 Å². The van der Waals surface area contributed by atoms with E-state index in [4.69, 9.17) is 4.74 Å². The van der Waals surface area contributed by atoms with Gasteiger partial charge in [0, 0.05) is 31.0 Å². The molecule has 160 valence electrons. The summed E-state index contributed by atoms with van der Waals surface area (Å²) in [6, 6.07) is 10.0. The van der Waals surface area contributed by atoms with Crippen LogP contribution in [0.1, 0.15) is 28.9 Å². The van der Waals surface area contributed by atoms with E-state index >= 15 is 0 Å². The Bertz CT molecular complexity index is 1190. The van der Waals surface area contributed by atoms with Crippen molar-refractivity contribution in [1.82, 2.24) is 29.7 Å². The number of aryl methyl sites for hydroxylation is 1. The summed E-state index contributed by atoms with van der Waals surface area (Å²) in [6.45, 7) is 1.04. The second kappa shape index (κ2) is 8.90. The van der Waals surface area contributed by atoms with Gasteiger partial charge in [-0.15, -0.1) is 0 Å². The van der Waals surface area contributed by atoms with Crippen LogP contribution < -0.4 is 10.1 Å². The van der Waals surface area contributed by atoms with Crippen LogP contribution in [-0.2, 0) is 6.54 Å². The Hall–Kier alpha value is -3.82. The molecule has 0 fully saturated rings. The summed E-state index contributed by atoms with van der Waals surface area (Å²) in [6.07, 6.45) is 2.63. The number of alkyl halides is 2. The van der Waals surface area contributed by atoms with E-state index in [1.165, 1.54) is 19.4 Å². The monoisotopic (exact) mass is 426 g/mol. The SMILES string of the molecule is COc1ccccc1-c1cc(C(F)F)n2ncc(C(=O)NCCCn3cccn3)c2n1. The lowest BCUT2D eigenvalue weighted by atomic mass is 10.1. The van der Waals surface area contributed by atoms with E-state index in [9.17, 15) is 13.6 Å². The number of nitrogens with one attached hydrogen (secondary N) is 1. The molecule has 8 nitrogen and oxygen atoms in total. The van der Waals surface area contributed by atoms with Gasteiger partial charge in [-0.05, 0) is 30.7 Å². The van der Waals surface area contributed by atoms with Gasteiger partial charge < -0.3 is 10.1 Å². The Labute approximate surface area is 176 Å². The average molecular weight is 426 g/mol. The van der Waals surface area contributed by atoms with Crippen molar-refractivity contribution in [3.63, 3.8) is 0 Å². The van der Waals surface area contributed by atoms with Crippen LogP contribution in [-0.4, -0.2) is 43.9 Å². The Morgan fingerprint density at radius 1 is 1.23 bits per heavy atom. The number of ether oxygens (including phenoxy) is 1. The highest BCUT2D eigenvalue weighted by atomic mass is 19.3. The van der Waals surface area contributed by atoms with Gasteiger partial charge in [0.25, 0.3) is 12.3 Å². The molecule has 0 aliphatic rings. The standard InChI is InChI=1S/C21H20F2N6O2/c1-31-18-7-3-2-6-14(18)16-12-17(19(22)23)29-20(27-16)15(13-26-29)21(30)24-8-4-10-28-11-5-9-25-28/h2-3,5-7,9,11-13,19H,4,8,10H2,1H3,(H,24,30). The number of aromatic nitrogens is 5. The Morgan fingerprint density at radius 2 is 2.06 bits per heavy atom. The minimum atomic E-state index is -2.80. The van der Waals surface area contributed by atoms with Gasteiger partial charge in [-0.2, -0.15) is 10.2 Å². The molecule has 0 saturated carbocycles. The number of fused-ring (bicyclic) bond motifs is 1. The van der Waals surface area contributed by atoms with Gasteiger partial charge in [0.15, 0.2) is 5.65 Å². The molecule has 1 amide bonds. The van der Waals surface area contributed by atoms with Crippen molar-refractivity contribution in [1.29, 1.82) is 0 Å². The van der Waals surface area contributed by atoms with Gasteiger partial charge in [-0.3, -0.25) is 9.48 Å². The zero-order chi connectivity index (χ0) is 21.8. The molecule has 4 rings (SSSR count). The number of methoxy groups -OCH3 is 1. The van der Waals surface area contributed by atoms with Crippen LogP contribution in [0.4, 0.5) is 8.78 Å². The molecular weight excluding hydrogens is 406 g/mol. The molecule has 0 aliphatic heterocycles. The number of rotatable bonds is 8. The number of amides is 1. The summed E-state index contributed by atoms with van der Waals surface area (Å²) in [4.78, 5) is 17.2. The molecule has 4 aromatic rings. The van der Waals surface area contributed by atoms with Crippen molar-refractivity contribution < 1.29 is 18.3 Å². The van der Waals surface area contributed by atoms with Crippen molar-refractivity contribution in [3.8, 4) is 17.0 Å². The first-order chi connectivity index (χ1) is 15.1. The van der Waals surface area contributed by atoms with Crippen molar-refractivity contribution >= 4 is 11.6 Å². The molecule has 3 heterocycles. The zero-order valence-corrected chi connectivity index (χ0v) is 16.7. The number of nitrogens with zero attached hydrogens (tertiary/aromatic N) is 5. The smallest absolute Gasteiger partial charge is 0.280 e. The molecule has 10 heteroatoms. The van der Waals surface area contributed by atoms with Gasteiger partial charge in [-0.25, -0.2) is 18.3 Å². The molecule has 3 aromatic heterocycles. The van der Waals surface area contributed by atoms with E-state index in [0.717, 1.165) is 4.52 Å². The molecule has 31 heavy (non-hydrogen) atoms. The summed E-state index contributed by atoms with van der Waals surface area (Å²) in [7, 11) is 1.49. The van der Waals surface area contributed by atoms with Crippen LogP contribution in [0.25, 0.3) is 16.9 Å². The minimum Gasteiger partial charge on any atom is -0.496 e. The predicted octanol–water partition coefficient (Wildman–Crippen LogP) is 3.36. The largest absolute Gasteiger partial charge is 0.496 e. The maximum atomic E-state index is 13.7. The third-order valence-corrected chi connectivity index (χ3v) is 4.76. The lowest BCUT2D eigenvalue weighted by Crippen LogP contribution is -2.25. The zero-order valence-electron chi connectivity index (χ0n) is 16.7. The topological polar surface area (TPSA) is 86.3 Å². The number of hydrogen-bond acceptors (Lipinski definition) is 5. The highest BCUT2D eigenvalue weighted by Gasteiger charge is 2.22. The number of para-hydroxylation sites is 1. The lowest BCUT2D eigenvalue weighted by Gasteiger charge is -2.11. The van der Waals surface area contributed by atoms with E-state index in [1.807, 2.05) is 12.3 Å². The molecule has 1 aromatic carbocycles. The number of halogens is 2. The fraction of sp³-hybridized carbons (Fsp3) is 0.238. The van der Waals surface area contributed by atoms with Crippen molar-refractivity contribution in [2.45, 2.75) is 19.4 Å². The highest BCUT2D eigenvalue weighted by molar-refractivity contribution is 5.99. The van der Waals surface area contributed by atoms with Crippen molar-refractivity contribution in [3.05, 3.63) is 66.2 Å². The van der Waals surface area contributed by atoms with E-state index in [-0.39, 0.29) is 22.6 Å². The predicted molar refractivity (Wildman–Crippen MR) is 109 cm³/mol. The number of benzene rings is 1. The lowest BCUT2D eigenvalue weighted by molar-refractivity contribution is 0.0953. The van der Waals surface area contributed by atoms with Crippen LogP contribution in [0, 0.1) is 0 Å². The maximum absolute atomic E-state index is 13.7. The Kier molecular flexibility index (Phi) is 5.87. The van der Waals surface area contributed by atoms with Gasteiger partial charge in [-0.1, -0.05) is 12.1 Å². The molecule has 0 spiro atoms. The van der Waals surface area contributed by atoms with Gasteiger partial charge >= 0.3 is 0 Å². The van der Waals surface area contributed by atoms with Gasteiger partial charge in [0.1, 0.15) is 17.0 Å². The first-order valence-corrected chi connectivity index (χ1v) is 9.64. The fourth-order valence-corrected chi connectivity index (χ4v) is 3.27. The third-order valence-electron chi connectivity index (χ3n) is 4.76. The summed E-state index contributed by atoms with van der Waals surface area (Å²) in [5, 5.41) is 10.9. The number of carbonyl (C=O) groups excluding carboxylic acids is 1. The van der Waals surface area contributed by atoms with E-state index < -0.39 is 12.3 Å². The van der Waals surface area contributed by atoms with E-state index in [1.54, 1.807) is 35.1 Å². The molecule has 0 unspecified atom stereocenters. The second-order valence-corrected chi connectivity index (χ2v) is 6.74. The van der Waals surface area contributed by atoms with Crippen LogP contribution in [0.2, 0.25) is 0 Å². The third kappa shape index (κ3) is 4.23. The van der Waals surface area contributed by atoms with Crippen molar-refractivity contribution in [2.75, 3.05) is 13.7 Å². The van der Waals surface area contributed by atoms with Crippen molar-refractivity contribution in [2.24, 2.45) is 0 Å². The molecular formula is C21H20F2N6O2. The second-order valence-electron chi connectivity index (χ2n) is 6.74. The molecule has 0 aliphatic carbocycles. The summed E-state index contributed by atoms with van der Waals surface area (Å²) < 4.78 is 35.6. The molecule has 1 N–H and O–H groups in total. The maximum Gasteiger partial charge on any atom is 0.280 e. The van der Waals surface area contributed by atoms with Crippen LogP contribution in [0.3, 0.4) is 0 Å². The first kappa shape index (κ1) is 20.5. The molecule has 0 bridgehead atoms. The average Bonchev–Trinajstić information content (AvgIpc) is 3.45. The minimum absolute atomic E-state index is 0.0586. The normalized spacial score (nSPS) is 11.2.